The second-order valence-corrected chi connectivity index (χ2v) is 3.89. The number of aldehydes is 1. The van der Waals surface area contributed by atoms with Crippen LogP contribution in [-0.2, 0) is 11.2 Å². The minimum atomic E-state index is 0.207. The Morgan fingerprint density at radius 2 is 2.55 bits per heavy atom. The Hall–Kier alpha value is -0.630. The van der Waals surface area contributed by atoms with Crippen LogP contribution >= 0.6 is 11.3 Å². The van der Waals surface area contributed by atoms with Crippen molar-refractivity contribution in [1.82, 2.24) is 0 Å². The lowest BCUT2D eigenvalue weighted by Crippen LogP contribution is -2.07. The van der Waals surface area contributed by atoms with Crippen LogP contribution in [0.1, 0.15) is 29.2 Å². The maximum atomic E-state index is 10.6. The molecule has 0 amide bonds. The van der Waals surface area contributed by atoms with E-state index in [0.717, 1.165) is 12.7 Å². The first-order valence-corrected chi connectivity index (χ1v) is 4.81. The van der Waals surface area contributed by atoms with E-state index in [4.69, 9.17) is 0 Å². The fraction of sp³-hybridized carbons (Fsp3) is 0.444. The molecular weight excluding hydrogens is 156 g/mol. The molecule has 11 heavy (non-hydrogen) atoms. The van der Waals surface area contributed by atoms with E-state index in [0.29, 0.717) is 0 Å². The molecule has 0 fully saturated rings. The molecular formula is C9H10OS. The van der Waals surface area contributed by atoms with E-state index in [1.54, 1.807) is 11.3 Å². The van der Waals surface area contributed by atoms with Crippen molar-refractivity contribution in [2.24, 2.45) is 0 Å². The van der Waals surface area contributed by atoms with Gasteiger partial charge in [-0.1, -0.05) is 0 Å². The first-order chi connectivity index (χ1) is 5.42. The zero-order valence-electron chi connectivity index (χ0n) is 6.25. The molecule has 0 aromatic carbocycles. The lowest BCUT2D eigenvalue weighted by Gasteiger charge is -2.16. The zero-order valence-corrected chi connectivity index (χ0v) is 7.06. The normalized spacial score (nSPS) is 22.7. The highest BCUT2D eigenvalue weighted by Gasteiger charge is 2.19. The molecule has 1 aromatic rings. The molecule has 58 valence electrons. The standard InChI is InChI=1S/C9H10OS/c10-6-8-3-1-2-7-4-5-11-9(7)8/h4-6,8H,1-3H2/t8-/m0/s1. The largest absolute Gasteiger partial charge is 0.303 e. The molecule has 0 saturated carbocycles. The quantitative estimate of drug-likeness (QED) is 0.585. The molecule has 0 aliphatic heterocycles. The van der Waals surface area contributed by atoms with Gasteiger partial charge in [0.2, 0.25) is 0 Å². The summed E-state index contributed by atoms with van der Waals surface area (Å²) in [6, 6.07) is 2.15. The second-order valence-electron chi connectivity index (χ2n) is 2.94. The summed E-state index contributed by atoms with van der Waals surface area (Å²) in [5, 5.41) is 2.09. The summed E-state index contributed by atoms with van der Waals surface area (Å²) in [4.78, 5) is 11.9. The van der Waals surface area contributed by atoms with Crippen LogP contribution in [0.3, 0.4) is 0 Å². The van der Waals surface area contributed by atoms with Crippen molar-refractivity contribution < 1.29 is 4.79 Å². The molecule has 2 heteroatoms. The lowest BCUT2D eigenvalue weighted by molar-refractivity contribution is -0.109. The van der Waals surface area contributed by atoms with Gasteiger partial charge in [-0.05, 0) is 36.3 Å². The molecule has 1 aromatic heterocycles. The molecule has 1 nitrogen and oxygen atoms in total. The number of carbonyl (C=O) groups excluding carboxylic acids is 1. The Kier molecular flexibility index (Phi) is 1.78. The van der Waals surface area contributed by atoms with Crippen molar-refractivity contribution in [2.45, 2.75) is 25.2 Å². The first-order valence-electron chi connectivity index (χ1n) is 3.93. The van der Waals surface area contributed by atoms with Gasteiger partial charge in [-0.25, -0.2) is 0 Å². The third-order valence-corrected chi connectivity index (χ3v) is 3.33. The molecule has 0 bridgehead atoms. The number of rotatable bonds is 1. The van der Waals surface area contributed by atoms with Crippen molar-refractivity contribution in [3.63, 3.8) is 0 Å². The topological polar surface area (TPSA) is 17.1 Å². The van der Waals surface area contributed by atoms with Crippen LogP contribution in [-0.4, -0.2) is 6.29 Å². The van der Waals surface area contributed by atoms with Gasteiger partial charge in [-0.15, -0.1) is 11.3 Å². The zero-order chi connectivity index (χ0) is 7.68. The Balaban J connectivity index is 2.39. The minimum Gasteiger partial charge on any atom is -0.303 e. The Bertz CT molecular complexity index is 264. The van der Waals surface area contributed by atoms with E-state index >= 15 is 0 Å². The van der Waals surface area contributed by atoms with Gasteiger partial charge in [0, 0.05) is 10.8 Å². The van der Waals surface area contributed by atoms with Crippen LogP contribution in [0, 0.1) is 0 Å². The maximum absolute atomic E-state index is 10.6. The minimum absolute atomic E-state index is 0.207. The molecule has 1 aliphatic carbocycles. The van der Waals surface area contributed by atoms with Gasteiger partial charge in [0.1, 0.15) is 6.29 Å². The van der Waals surface area contributed by atoms with Gasteiger partial charge in [0.05, 0.1) is 0 Å². The molecule has 0 radical (unpaired) electrons. The van der Waals surface area contributed by atoms with Crippen molar-refractivity contribution in [1.29, 1.82) is 0 Å². The summed E-state index contributed by atoms with van der Waals surface area (Å²) in [5.41, 5.74) is 1.40. The second kappa shape index (κ2) is 2.78. The highest BCUT2D eigenvalue weighted by atomic mass is 32.1. The molecule has 0 saturated heterocycles. The molecule has 0 spiro atoms. The average molecular weight is 166 g/mol. The maximum Gasteiger partial charge on any atom is 0.128 e. The fourth-order valence-corrected chi connectivity index (χ4v) is 2.70. The van der Waals surface area contributed by atoms with Crippen LogP contribution in [0.5, 0.6) is 0 Å². The van der Waals surface area contributed by atoms with Gasteiger partial charge in [-0.2, -0.15) is 0 Å². The van der Waals surface area contributed by atoms with Gasteiger partial charge in [0.15, 0.2) is 0 Å². The van der Waals surface area contributed by atoms with Gasteiger partial charge >= 0.3 is 0 Å². The van der Waals surface area contributed by atoms with Crippen LogP contribution in [0.25, 0.3) is 0 Å². The molecule has 1 heterocycles. The van der Waals surface area contributed by atoms with Crippen LogP contribution < -0.4 is 0 Å². The van der Waals surface area contributed by atoms with Crippen LogP contribution in [0.2, 0.25) is 0 Å². The summed E-state index contributed by atoms with van der Waals surface area (Å²) in [6.07, 6.45) is 4.49. The smallest absolute Gasteiger partial charge is 0.128 e. The number of thiophene rings is 1. The van der Waals surface area contributed by atoms with E-state index in [2.05, 4.69) is 11.4 Å². The molecule has 1 aliphatic rings. The van der Waals surface area contributed by atoms with E-state index in [-0.39, 0.29) is 5.92 Å². The Labute approximate surface area is 70.1 Å². The number of carbonyl (C=O) groups is 1. The summed E-state index contributed by atoms with van der Waals surface area (Å²) >= 11 is 1.73. The Morgan fingerprint density at radius 3 is 3.36 bits per heavy atom. The highest BCUT2D eigenvalue weighted by Crippen LogP contribution is 2.33. The molecule has 0 unspecified atom stereocenters. The van der Waals surface area contributed by atoms with Gasteiger partial charge < -0.3 is 4.79 Å². The summed E-state index contributed by atoms with van der Waals surface area (Å²) < 4.78 is 0. The number of hydrogen-bond acceptors (Lipinski definition) is 2. The number of aryl methyl sites for hydroxylation is 1. The fourth-order valence-electron chi connectivity index (χ4n) is 1.65. The summed E-state index contributed by atoms with van der Waals surface area (Å²) in [6.45, 7) is 0. The van der Waals surface area contributed by atoms with Crippen molar-refractivity contribution in [2.75, 3.05) is 0 Å². The lowest BCUT2D eigenvalue weighted by atomic mass is 9.91. The van der Waals surface area contributed by atoms with E-state index in [9.17, 15) is 4.79 Å². The summed E-state index contributed by atoms with van der Waals surface area (Å²) in [7, 11) is 0. The van der Waals surface area contributed by atoms with Crippen molar-refractivity contribution in [3.05, 3.63) is 21.9 Å². The SMILES string of the molecule is O=C[C@@H]1CCCc2ccsc21. The van der Waals surface area contributed by atoms with E-state index in [1.807, 2.05) is 0 Å². The number of fused-ring (bicyclic) bond motifs is 1. The van der Waals surface area contributed by atoms with Gasteiger partial charge in [0.25, 0.3) is 0 Å². The third-order valence-electron chi connectivity index (χ3n) is 2.24. The van der Waals surface area contributed by atoms with Crippen LogP contribution in [0.15, 0.2) is 11.4 Å². The molecule has 0 N–H and O–H groups in total. The third kappa shape index (κ3) is 1.11. The molecule has 2 rings (SSSR count). The van der Waals surface area contributed by atoms with Crippen LogP contribution in [0.4, 0.5) is 0 Å². The van der Waals surface area contributed by atoms with E-state index in [1.165, 1.54) is 23.3 Å². The Morgan fingerprint density at radius 1 is 1.64 bits per heavy atom. The van der Waals surface area contributed by atoms with E-state index < -0.39 is 0 Å². The summed E-state index contributed by atoms with van der Waals surface area (Å²) in [5.74, 6) is 0.207. The highest BCUT2D eigenvalue weighted by molar-refractivity contribution is 7.10. The predicted octanol–water partition coefficient (Wildman–Crippen LogP) is 2.37. The van der Waals surface area contributed by atoms with Crippen molar-refractivity contribution in [3.8, 4) is 0 Å². The average Bonchev–Trinajstić information content (AvgIpc) is 2.50. The first kappa shape index (κ1) is 7.04. The molecule has 1 atom stereocenters. The van der Waals surface area contributed by atoms with Gasteiger partial charge in [-0.3, -0.25) is 0 Å². The predicted molar refractivity (Wildman–Crippen MR) is 46.1 cm³/mol. The monoisotopic (exact) mass is 166 g/mol. The number of hydrogen-bond donors (Lipinski definition) is 0. The van der Waals surface area contributed by atoms with Crippen molar-refractivity contribution >= 4 is 17.6 Å².